The van der Waals surface area contributed by atoms with Crippen molar-refractivity contribution in [1.82, 2.24) is 9.97 Å². The highest BCUT2D eigenvalue weighted by Gasteiger charge is 2.09. The lowest BCUT2D eigenvalue weighted by Gasteiger charge is -2.07. The van der Waals surface area contributed by atoms with E-state index in [9.17, 15) is 0 Å². The van der Waals surface area contributed by atoms with Gasteiger partial charge in [-0.25, -0.2) is 9.97 Å². The highest BCUT2D eigenvalue weighted by atomic mass is 35.5. The molecule has 0 bridgehead atoms. The van der Waals surface area contributed by atoms with Crippen LogP contribution in [0, 0.1) is 0 Å². The van der Waals surface area contributed by atoms with E-state index in [1.807, 2.05) is 30.3 Å². The van der Waals surface area contributed by atoms with Gasteiger partial charge < -0.3 is 5.73 Å². The smallest absolute Gasteiger partial charge is 0.221 e. The molecule has 22 heavy (non-hydrogen) atoms. The zero-order valence-corrected chi connectivity index (χ0v) is 13.5. The van der Waals surface area contributed by atoms with Crippen molar-refractivity contribution in [1.29, 1.82) is 0 Å². The van der Waals surface area contributed by atoms with Gasteiger partial charge in [-0.05, 0) is 30.3 Å². The van der Waals surface area contributed by atoms with Gasteiger partial charge in [0.05, 0.1) is 21.4 Å². The molecule has 0 amide bonds. The molecule has 0 fully saturated rings. The average Bonchev–Trinajstić information content (AvgIpc) is 2.49. The summed E-state index contributed by atoms with van der Waals surface area (Å²) >= 11 is 18.0. The summed E-state index contributed by atoms with van der Waals surface area (Å²) in [6, 6.07) is 14.5. The second kappa shape index (κ2) is 6.13. The zero-order chi connectivity index (χ0) is 15.7. The molecule has 0 saturated heterocycles. The summed E-state index contributed by atoms with van der Waals surface area (Å²) in [6.45, 7) is 0. The Kier molecular flexibility index (Phi) is 4.21. The van der Waals surface area contributed by atoms with Gasteiger partial charge in [0.25, 0.3) is 0 Å². The number of halogens is 3. The fraction of sp³-hybridized carbons (Fsp3) is 0. The summed E-state index contributed by atoms with van der Waals surface area (Å²) in [5.74, 6) is 0.179. The van der Waals surface area contributed by atoms with Crippen LogP contribution >= 0.6 is 34.8 Å². The number of anilines is 1. The summed E-state index contributed by atoms with van der Waals surface area (Å²) in [4.78, 5) is 8.51. The fourth-order valence-corrected chi connectivity index (χ4v) is 2.55. The molecule has 1 heterocycles. The highest BCUT2D eigenvalue weighted by molar-refractivity contribution is 6.42. The SMILES string of the molecule is Nc1nc(-c2cccc(Cl)c2)cc(-c2ccc(Cl)c(Cl)c2)n1. The monoisotopic (exact) mass is 349 g/mol. The highest BCUT2D eigenvalue weighted by Crippen LogP contribution is 2.30. The third kappa shape index (κ3) is 3.17. The van der Waals surface area contributed by atoms with Crippen molar-refractivity contribution in [2.75, 3.05) is 5.73 Å². The van der Waals surface area contributed by atoms with Gasteiger partial charge in [-0.15, -0.1) is 0 Å². The maximum Gasteiger partial charge on any atom is 0.221 e. The van der Waals surface area contributed by atoms with Crippen LogP contribution in [0.2, 0.25) is 15.1 Å². The van der Waals surface area contributed by atoms with Crippen LogP contribution < -0.4 is 5.73 Å². The van der Waals surface area contributed by atoms with E-state index in [-0.39, 0.29) is 5.95 Å². The lowest BCUT2D eigenvalue weighted by Crippen LogP contribution is -1.98. The van der Waals surface area contributed by atoms with Crippen molar-refractivity contribution < 1.29 is 0 Å². The van der Waals surface area contributed by atoms with E-state index in [1.165, 1.54) is 0 Å². The van der Waals surface area contributed by atoms with E-state index >= 15 is 0 Å². The topological polar surface area (TPSA) is 51.8 Å². The van der Waals surface area contributed by atoms with Crippen LogP contribution in [0.3, 0.4) is 0 Å². The van der Waals surface area contributed by atoms with E-state index in [4.69, 9.17) is 40.5 Å². The largest absolute Gasteiger partial charge is 0.368 e. The lowest BCUT2D eigenvalue weighted by atomic mass is 10.1. The van der Waals surface area contributed by atoms with Crippen LogP contribution in [0.4, 0.5) is 5.95 Å². The number of aromatic nitrogens is 2. The number of rotatable bonds is 2. The van der Waals surface area contributed by atoms with Crippen LogP contribution in [-0.2, 0) is 0 Å². The van der Waals surface area contributed by atoms with Crippen molar-refractivity contribution in [2.45, 2.75) is 0 Å². The van der Waals surface area contributed by atoms with Gasteiger partial charge in [-0.1, -0.05) is 53.0 Å². The van der Waals surface area contributed by atoms with Gasteiger partial charge in [0.15, 0.2) is 0 Å². The van der Waals surface area contributed by atoms with Crippen LogP contribution in [0.15, 0.2) is 48.5 Å². The van der Waals surface area contributed by atoms with Crippen molar-refractivity contribution in [3.63, 3.8) is 0 Å². The van der Waals surface area contributed by atoms with Crippen LogP contribution in [0.1, 0.15) is 0 Å². The number of hydrogen-bond donors (Lipinski definition) is 1. The third-order valence-electron chi connectivity index (χ3n) is 3.08. The number of nitrogens with zero attached hydrogens (tertiary/aromatic N) is 2. The molecule has 0 atom stereocenters. The summed E-state index contributed by atoms with van der Waals surface area (Å²) in [7, 11) is 0. The maximum atomic E-state index is 6.06. The van der Waals surface area contributed by atoms with Crippen LogP contribution in [0.25, 0.3) is 22.5 Å². The summed E-state index contributed by atoms with van der Waals surface area (Å²) in [5.41, 5.74) is 8.86. The molecule has 0 unspecified atom stereocenters. The Morgan fingerprint density at radius 1 is 0.727 bits per heavy atom. The summed E-state index contributed by atoms with van der Waals surface area (Å²) < 4.78 is 0. The van der Waals surface area contributed by atoms with E-state index in [0.717, 1.165) is 11.1 Å². The first-order chi connectivity index (χ1) is 10.5. The quantitative estimate of drug-likeness (QED) is 0.677. The zero-order valence-electron chi connectivity index (χ0n) is 11.2. The molecule has 6 heteroatoms. The van der Waals surface area contributed by atoms with Crippen LogP contribution in [-0.4, -0.2) is 9.97 Å². The standard InChI is InChI=1S/C16H10Cl3N3/c17-11-3-1-2-9(6-11)14-8-15(22-16(20)21-14)10-4-5-12(18)13(19)7-10/h1-8H,(H2,20,21,22). The minimum absolute atomic E-state index is 0.179. The van der Waals surface area contributed by atoms with Crippen LogP contribution in [0.5, 0.6) is 0 Å². The molecule has 3 nitrogen and oxygen atoms in total. The van der Waals surface area contributed by atoms with Gasteiger partial charge in [0.2, 0.25) is 5.95 Å². The van der Waals surface area contributed by atoms with Crippen molar-refractivity contribution >= 4 is 40.8 Å². The molecule has 2 N–H and O–H groups in total. The Morgan fingerprint density at radius 3 is 2.05 bits per heavy atom. The predicted molar refractivity (Wildman–Crippen MR) is 92.3 cm³/mol. The molecule has 0 spiro atoms. The average molecular weight is 351 g/mol. The molecule has 0 aliphatic rings. The molecular formula is C16H10Cl3N3. The molecule has 0 aliphatic heterocycles. The normalized spacial score (nSPS) is 10.7. The Hall–Kier alpha value is -1.81. The predicted octanol–water partition coefficient (Wildman–Crippen LogP) is 5.35. The summed E-state index contributed by atoms with van der Waals surface area (Å²) in [6.07, 6.45) is 0. The van der Waals surface area contributed by atoms with Crippen molar-refractivity contribution in [3.8, 4) is 22.5 Å². The van der Waals surface area contributed by atoms with Gasteiger partial charge in [0.1, 0.15) is 0 Å². The second-order valence-corrected chi connectivity index (χ2v) is 5.89. The first kappa shape index (κ1) is 15.1. The van der Waals surface area contributed by atoms with Gasteiger partial charge in [0, 0.05) is 16.1 Å². The minimum atomic E-state index is 0.179. The molecule has 3 aromatic rings. The molecule has 0 aliphatic carbocycles. The number of nitrogen functional groups attached to an aromatic ring is 1. The van der Waals surface area contributed by atoms with Gasteiger partial charge in [-0.3, -0.25) is 0 Å². The lowest BCUT2D eigenvalue weighted by molar-refractivity contribution is 1.19. The van der Waals surface area contributed by atoms with Gasteiger partial charge in [-0.2, -0.15) is 0 Å². The Bertz CT molecular complexity index is 850. The molecular weight excluding hydrogens is 341 g/mol. The van der Waals surface area contributed by atoms with E-state index in [1.54, 1.807) is 18.2 Å². The van der Waals surface area contributed by atoms with E-state index in [2.05, 4.69) is 9.97 Å². The summed E-state index contributed by atoms with van der Waals surface area (Å²) in [5, 5.41) is 1.58. The Labute approximate surface area is 142 Å². The number of benzene rings is 2. The number of nitrogens with two attached hydrogens (primary N) is 1. The maximum absolute atomic E-state index is 6.06. The molecule has 1 aromatic heterocycles. The van der Waals surface area contributed by atoms with Crippen molar-refractivity contribution in [3.05, 3.63) is 63.6 Å². The molecule has 0 saturated carbocycles. The van der Waals surface area contributed by atoms with E-state index in [0.29, 0.717) is 26.5 Å². The number of hydrogen-bond acceptors (Lipinski definition) is 3. The second-order valence-electron chi connectivity index (χ2n) is 4.64. The molecule has 2 aromatic carbocycles. The molecule has 0 radical (unpaired) electrons. The van der Waals surface area contributed by atoms with E-state index < -0.39 is 0 Å². The Balaban J connectivity index is 2.12. The third-order valence-corrected chi connectivity index (χ3v) is 4.05. The molecule has 3 rings (SSSR count). The molecule has 110 valence electrons. The first-order valence-electron chi connectivity index (χ1n) is 6.39. The minimum Gasteiger partial charge on any atom is -0.368 e. The van der Waals surface area contributed by atoms with Crippen molar-refractivity contribution in [2.24, 2.45) is 0 Å². The van der Waals surface area contributed by atoms with Gasteiger partial charge >= 0.3 is 0 Å². The Morgan fingerprint density at radius 2 is 1.41 bits per heavy atom. The fourth-order valence-electron chi connectivity index (χ4n) is 2.06. The first-order valence-corrected chi connectivity index (χ1v) is 7.52.